The van der Waals surface area contributed by atoms with E-state index in [9.17, 15) is 8.42 Å². The van der Waals surface area contributed by atoms with Gasteiger partial charge < -0.3 is 14.8 Å². The largest absolute Gasteiger partial charge is 0.491 e. The summed E-state index contributed by atoms with van der Waals surface area (Å²) in [7, 11) is -3.67. The van der Waals surface area contributed by atoms with E-state index in [0.717, 1.165) is 0 Å². The molecule has 0 spiro atoms. The molecule has 0 saturated heterocycles. The number of nitrogens with one attached hydrogen (secondary N) is 2. The van der Waals surface area contributed by atoms with E-state index in [-0.39, 0.29) is 17.6 Å². The Kier molecular flexibility index (Phi) is 4.54. The topological polar surface area (TPSA) is 91.4 Å². The fourth-order valence-corrected chi connectivity index (χ4v) is 2.83. The van der Waals surface area contributed by atoms with E-state index in [0.29, 0.717) is 17.1 Å². The van der Waals surface area contributed by atoms with Crippen LogP contribution in [-0.4, -0.2) is 24.6 Å². The molecule has 0 fully saturated rings. The van der Waals surface area contributed by atoms with Crippen molar-refractivity contribution in [1.82, 2.24) is 4.98 Å². The van der Waals surface area contributed by atoms with Crippen LogP contribution in [0.1, 0.15) is 19.5 Å². The van der Waals surface area contributed by atoms with Crippen molar-refractivity contribution in [2.45, 2.75) is 31.5 Å². The second-order valence-corrected chi connectivity index (χ2v) is 6.50. The lowest BCUT2D eigenvalue weighted by molar-refractivity contribution is 0.242. The smallest absolute Gasteiger partial charge is 0.263 e. The summed E-state index contributed by atoms with van der Waals surface area (Å²) in [6.07, 6.45) is 1.40. The van der Waals surface area contributed by atoms with E-state index in [1.165, 1.54) is 12.3 Å². The number of aliphatic hydroxyl groups excluding tert-OH is 1. The number of sulfonamides is 1. The Balaban J connectivity index is 2.13. The highest BCUT2D eigenvalue weighted by Gasteiger charge is 2.16. The first-order chi connectivity index (χ1) is 9.90. The van der Waals surface area contributed by atoms with Crippen molar-refractivity contribution < 1.29 is 18.3 Å². The van der Waals surface area contributed by atoms with Gasteiger partial charge in [0.15, 0.2) is 0 Å². The number of hydrogen-bond donors (Lipinski definition) is 3. The van der Waals surface area contributed by atoms with Gasteiger partial charge in [-0.3, -0.25) is 4.72 Å². The third-order valence-electron chi connectivity index (χ3n) is 2.68. The second-order valence-electron chi connectivity index (χ2n) is 4.82. The van der Waals surface area contributed by atoms with Gasteiger partial charge in [-0.2, -0.15) is 0 Å². The van der Waals surface area contributed by atoms with E-state index in [4.69, 9.17) is 9.84 Å². The van der Waals surface area contributed by atoms with Crippen molar-refractivity contribution in [2.24, 2.45) is 0 Å². The summed E-state index contributed by atoms with van der Waals surface area (Å²) in [6.45, 7) is 3.60. The zero-order valence-electron chi connectivity index (χ0n) is 11.8. The van der Waals surface area contributed by atoms with Crippen molar-refractivity contribution >= 4 is 15.7 Å². The summed E-state index contributed by atoms with van der Waals surface area (Å²) in [5, 5.41) is 8.95. The number of anilines is 1. The average Bonchev–Trinajstić information content (AvgIpc) is 2.90. The van der Waals surface area contributed by atoms with Gasteiger partial charge in [0.2, 0.25) is 0 Å². The van der Waals surface area contributed by atoms with Crippen LogP contribution in [0.5, 0.6) is 5.75 Å². The van der Waals surface area contributed by atoms with Crippen LogP contribution in [0.25, 0.3) is 0 Å². The fourth-order valence-electron chi connectivity index (χ4n) is 1.75. The van der Waals surface area contributed by atoms with Crippen LogP contribution in [-0.2, 0) is 16.6 Å². The number of rotatable bonds is 6. The molecule has 0 aliphatic carbocycles. The Morgan fingerprint density at radius 3 is 2.48 bits per heavy atom. The van der Waals surface area contributed by atoms with Gasteiger partial charge in [0.1, 0.15) is 10.6 Å². The minimum Gasteiger partial charge on any atom is -0.491 e. The molecule has 0 bridgehead atoms. The fraction of sp³-hybridized carbons (Fsp3) is 0.286. The first-order valence-corrected chi connectivity index (χ1v) is 7.97. The third kappa shape index (κ3) is 3.99. The van der Waals surface area contributed by atoms with Gasteiger partial charge in [-0.05, 0) is 44.2 Å². The van der Waals surface area contributed by atoms with Gasteiger partial charge in [0.25, 0.3) is 10.0 Å². The molecule has 21 heavy (non-hydrogen) atoms. The van der Waals surface area contributed by atoms with Crippen LogP contribution >= 0.6 is 0 Å². The lowest BCUT2D eigenvalue weighted by Gasteiger charge is -2.11. The van der Waals surface area contributed by atoms with Crippen molar-refractivity contribution in [3.05, 3.63) is 42.2 Å². The van der Waals surface area contributed by atoms with Crippen LogP contribution in [0.4, 0.5) is 5.69 Å². The third-order valence-corrected chi connectivity index (χ3v) is 4.04. The molecular formula is C14H18N2O4S. The maximum atomic E-state index is 12.1. The lowest BCUT2D eigenvalue weighted by Crippen LogP contribution is -2.12. The molecule has 7 heteroatoms. The van der Waals surface area contributed by atoms with Crippen LogP contribution in [0.15, 0.2) is 41.4 Å². The van der Waals surface area contributed by atoms with E-state index >= 15 is 0 Å². The van der Waals surface area contributed by atoms with Gasteiger partial charge in [-0.1, -0.05) is 0 Å². The van der Waals surface area contributed by atoms with Gasteiger partial charge in [0, 0.05) is 17.6 Å². The van der Waals surface area contributed by atoms with Gasteiger partial charge in [0.05, 0.1) is 12.7 Å². The number of ether oxygens (including phenoxy) is 1. The molecule has 0 unspecified atom stereocenters. The first kappa shape index (κ1) is 15.4. The van der Waals surface area contributed by atoms with Crippen LogP contribution < -0.4 is 9.46 Å². The summed E-state index contributed by atoms with van der Waals surface area (Å²) in [4.78, 5) is 2.77. The average molecular weight is 310 g/mol. The maximum absolute atomic E-state index is 12.1. The molecule has 0 aliphatic rings. The van der Waals surface area contributed by atoms with Gasteiger partial charge >= 0.3 is 0 Å². The van der Waals surface area contributed by atoms with Crippen LogP contribution in [0.3, 0.4) is 0 Å². The molecule has 1 heterocycles. The summed E-state index contributed by atoms with van der Waals surface area (Å²) in [5.41, 5.74) is 0.883. The Morgan fingerprint density at radius 2 is 1.95 bits per heavy atom. The highest BCUT2D eigenvalue weighted by atomic mass is 32.2. The van der Waals surface area contributed by atoms with E-state index < -0.39 is 10.0 Å². The molecule has 0 radical (unpaired) electrons. The van der Waals surface area contributed by atoms with E-state index in [1.807, 2.05) is 13.8 Å². The van der Waals surface area contributed by atoms with Gasteiger partial charge in [-0.15, -0.1) is 0 Å². The van der Waals surface area contributed by atoms with E-state index in [1.54, 1.807) is 24.3 Å². The predicted octanol–water partition coefficient (Wildman–Crippen LogP) is 2.09. The summed E-state index contributed by atoms with van der Waals surface area (Å²) in [6, 6.07) is 8.06. The highest BCUT2D eigenvalue weighted by molar-refractivity contribution is 7.92. The Hall–Kier alpha value is -1.99. The Bertz CT molecular complexity index is 690. The highest BCUT2D eigenvalue weighted by Crippen LogP contribution is 2.20. The second kappa shape index (κ2) is 6.19. The first-order valence-electron chi connectivity index (χ1n) is 6.48. The minimum atomic E-state index is -3.67. The van der Waals surface area contributed by atoms with Crippen LogP contribution in [0, 0.1) is 0 Å². The summed E-state index contributed by atoms with van der Waals surface area (Å²) < 4.78 is 32.3. The molecule has 3 N–H and O–H groups in total. The monoisotopic (exact) mass is 310 g/mol. The number of benzene rings is 1. The number of hydrogen-bond acceptors (Lipinski definition) is 4. The number of H-pyrrole nitrogens is 1. The molecule has 6 nitrogen and oxygen atoms in total. The molecule has 2 rings (SSSR count). The van der Waals surface area contributed by atoms with Gasteiger partial charge in [-0.25, -0.2) is 8.42 Å². The zero-order valence-corrected chi connectivity index (χ0v) is 12.6. The van der Waals surface area contributed by atoms with Crippen molar-refractivity contribution in [2.75, 3.05) is 4.72 Å². The normalized spacial score (nSPS) is 11.6. The maximum Gasteiger partial charge on any atom is 0.263 e. The molecule has 1 aromatic heterocycles. The van der Waals surface area contributed by atoms with Crippen LogP contribution in [0.2, 0.25) is 0 Å². The predicted molar refractivity (Wildman–Crippen MR) is 79.7 cm³/mol. The SMILES string of the molecule is CC(C)Oc1ccc(NS(=O)(=O)c2c[nH]c(CO)c2)cc1. The Labute approximate surface area is 123 Å². The molecule has 0 amide bonds. The molecule has 1 aromatic carbocycles. The standard InChI is InChI=1S/C14H18N2O4S/c1-10(2)20-13-5-3-11(4-6-13)16-21(18,19)14-7-12(9-17)15-8-14/h3-8,10,15-17H,9H2,1-2H3. The molecule has 0 atom stereocenters. The molecule has 114 valence electrons. The Morgan fingerprint density at radius 1 is 1.29 bits per heavy atom. The molecule has 0 aliphatic heterocycles. The molecule has 2 aromatic rings. The number of aromatic nitrogens is 1. The zero-order chi connectivity index (χ0) is 15.5. The van der Waals surface area contributed by atoms with Crippen molar-refractivity contribution in [3.63, 3.8) is 0 Å². The number of aromatic amines is 1. The summed E-state index contributed by atoms with van der Waals surface area (Å²) in [5.74, 6) is 0.678. The van der Waals surface area contributed by atoms with Crippen molar-refractivity contribution in [3.8, 4) is 5.75 Å². The quantitative estimate of drug-likeness (QED) is 0.762. The summed E-state index contributed by atoms with van der Waals surface area (Å²) >= 11 is 0. The number of aliphatic hydroxyl groups is 1. The minimum absolute atomic E-state index is 0.0595. The molecule has 0 saturated carbocycles. The van der Waals surface area contributed by atoms with Crippen molar-refractivity contribution in [1.29, 1.82) is 0 Å². The lowest BCUT2D eigenvalue weighted by atomic mass is 10.3. The molecular weight excluding hydrogens is 292 g/mol. The van der Waals surface area contributed by atoms with E-state index in [2.05, 4.69) is 9.71 Å².